The highest BCUT2D eigenvalue weighted by atomic mass is 35.5. The topological polar surface area (TPSA) is 71.1 Å². The molecule has 5 nitrogen and oxygen atoms in total. The van der Waals surface area contributed by atoms with Gasteiger partial charge in [0, 0.05) is 29.3 Å². The van der Waals surface area contributed by atoms with Crippen molar-refractivity contribution < 1.29 is 9.59 Å². The lowest BCUT2D eigenvalue weighted by Crippen LogP contribution is -2.14. The number of amides is 2. The monoisotopic (exact) mass is 351 g/mol. The highest BCUT2D eigenvalue weighted by molar-refractivity contribution is 6.34. The Morgan fingerprint density at radius 3 is 2.12 bits per heavy atom. The molecule has 2 N–H and O–H groups in total. The molecule has 0 fully saturated rings. The van der Waals surface area contributed by atoms with E-state index in [1.807, 2.05) is 0 Å². The van der Waals surface area contributed by atoms with Crippen LogP contribution in [-0.4, -0.2) is 16.8 Å². The second-order valence-corrected chi connectivity index (χ2v) is 5.61. The maximum absolute atomic E-state index is 12.3. The summed E-state index contributed by atoms with van der Waals surface area (Å²) in [7, 11) is 0. The van der Waals surface area contributed by atoms with Gasteiger partial charge in [0.1, 0.15) is 0 Å². The zero-order valence-corrected chi connectivity index (χ0v) is 13.8. The second kappa shape index (κ2) is 7.59. The average molecular weight is 352 g/mol. The van der Waals surface area contributed by atoms with Crippen LogP contribution < -0.4 is 10.6 Å². The molecular weight excluding hydrogens is 338 g/mol. The molecule has 0 aliphatic heterocycles. The standard InChI is InChI=1S/C19H14ClN3O2/c20-17-7-2-1-6-16(17)19(25)23-15-5-3-4-14(12-15)22-18(24)13-8-10-21-11-9-13/h1-12H,(H,22,24)(H,23,25). The molecule has 2 amide bonds. The molecular formula is C19H14ClN3O2. The van der Waals surface area contributed by atoms with Crippen LogP contribution in [0.5, 0.6) is 0 Å². The Hall–Kier alpha value is -3.18. The zero-order chi connectivity index (χ0) is 17.6. The molecule has 1 heterocycles. The fraction of sp³-hybridized carbons (Fsp3) is 0. The first-order valence-corrected chi connectivity index (χ1v) is 7.88. The maximum atomic E-state index is 12.3. The van der Waals surface area contributed by atoms with E-state index < -0.39 is 0 Å². The van der Waals surface area contributed by atoms with Crippen molar-refractivity contribution in [2.75, 3.05) is 10.6 Å². The van der Waals surface area contributed by atoms with Crippen LogP contribution >= 0.6 is 11.6 Å². The number of anilines is 2. The summed E-state index contributed by atoms with van der Waals surface area (Å²) in [6, 6.07) is 16.9. The number of hydrogen-bond donors (Lipinski definition) is 2. The molecule has 0 atom stereocenters. The summed E-state index contributed by atoms with van der Waals surface area (Å²) in [5, 5.41) is 5.92. The van der Waals surface area contributed by atoms with Gasteiger partial charge >= 0.3 is 0 Å². The molecule has 0 aliphatic rings. The van der Waals surface area contributed by atoms with E-state index in [1.54, 1.807) is 73.1 Å². The number of hydrogen-bond acceptors (Lipinski definition) is 3. The van der Waals surface area contributed by atoms with Crippen molar-refractivity contribution in [2.24, 2.45) is 0 Å². The van der Waals surface area contributed by atoms with E-state index in [-0.39, 0.29) is 11.8 Å². The Morgan fingerprint density at radius 2 is 1.44 bits per heavy atom. The lowest BCUT2D eigenvalue weighted by atomic mass is 10.2. The number of carbonyl (C=O) groups excluding carboxylic acids is 2. The van der Waals surface area contributed by atoms with Gasteiger partial charge in [-0.2, -0.15) is 0 Å². The van der Waals surface area contributed by atoms with Gasteiger partial charge in [0.25, 0.3) is 11.8 Å². The third kappa shape index (κ3) is 4.22. The number of pyridine rings is 1. The van der Waals surface area contributed by atoms with Gasteiger partial charge in [-0.15, -0.1) is 0 Å². The summed E-state index contributed by atoms with van der Waals surface area (Å²) in [4.78, 5) is 28.3. The molecule has 2 aromatic carbocycles. The molecule has 0 radical (unpaired) electrons. The molecule has 0 spiro atoms. The Balaban J connectivity index is 1.72. The maximum Gasteiger partial charge on any atom is 0.257 e. The number of carbonyl (C=O) groups is 2. The summed E-state index contributed by atoms with van der Waals surface area (Å²) in [6.45, 7) is 0. The average Bonchev–Trinajstić information content (AvgIpc) is 2.63. The van der Waals surface area contributed by atoms with Crippen LogP contribution in [0.15, 0.2) is 73.1 Å². The van der Waals surface area contributed by atoms with Gasteiger partial charge in [-0.25, -0.2) is 0 Å². The Labute approximate surface area is 149 Å². The number of rotatable bonds is 4. The molecule has 3 aromatic rings. The minimum absolute atomic E-state index is 0.253. The molecule has 124 valence electrons. The third-order valence-corrected chi connectivity index (χ3v) is 3.77. The Bertz CT molecular complexity index is 913. The van der Waals surface area contributed by atoms with Crippen LogP contribution in [0, 0.1) is 0 Å². The van der Waals surface area contributed by atoms with Gasteiger partial charge in [0.15, 0.2) is 0 Å². The fourth-order valence-corrected chi connectivity index (χ4v) is 2.45. The van der Waals surface area contributed by atoms with E-state index in [0.717, 1.165) is 0 Å². The van der Waals surface area contributed by atoms with Crippen molar-refractivity contribution >= 4 is 34.8 Å². The Kier molecular flexibility index (Phi) is 5.06. The third-order valence-electron chi connectivity index (χ3n) is 3.44. The fourth-order valence-electron chi connectivity index (χ4n) is 2.23. The first-order chi connectivity index (χ1) is 12.1. The minimum atomic E-state index is -0.316. The first kappa shape index (κ1) is 16.7. The van der Waals surface area contributed by atoms with Gasteiger partial charge in [0.2, 0.25) is 0 Å². The van der Waals surface area contributed by atoms with Crippen molar-refractivity contribution in [1.29, 1.82) is 0 Å². The van der Waals surface area contributed by atoms with Gasteiger partial charge in [-0.3, -0.25) is 14.6 Å². The van der Waals surface area contributed by atoms with Gasteiger partial charge in [-0.1, -0.05) is 29.8 Å². The van der Waals surface area contributed by atoms with E-state index in [9.17, 15) is 9.59 Å². The largest absolute Gasteiger partial charge is 0.322 e. The zero-order valence-electron chi connectivity index (χ0n) is 13.1. The molecule has 0 saturated carbocycles. The molecule has 0 unspecified atom stereocenters. The van der Waals surface area contributed by atoms with Crippen molar-refractivity contribution in [1.82, 2.24) is 4.98 Å². The molecule has 3 rings (SSSR count). The second-order valence-electron chi connectivity index (χ2n) is 5.20. The predicted molar refractivity (Wildman–Crippen MR) is 98.0 cm³/mol. The van der Waals surface area contributed by atoms with Crippen LogP contribution in [0.2, 0.25) is 5.02 Å². The van der Waals surface area contributed by atoms with E-state index in [1.165, 1.54) is 0 Å². The lowest BCUT2D eigenvalue weighted by molar-refractivity contribution is 0.101. The number of nitrogens with zero attached hydrogens (tertiary/aromatic N) is 1. The van der Waals surface area contributed by atoms with E-state index in [2.05, 4.69) is 15.6 Å². The molecule has 0 saturated heterocycles. The summed E-state index contributed by atoms with van der Waals surface area (Å²) in [6.07, 6.45) is 3.10. The first-order valence-electron chi connectivity index (χ1n) is 7.51. The van der Waals surface area contributed by atoms with Crippen LogP contribution in [0.25, 0.3) is 0 Å². The lowest BCUT2D eigenvalue weighted by Gasteiger charge is -2.09. The molecule has 0 bridgehead atoms. The summed E-state index contributed by atoms with van der Waals surface area (Å²) in [5.41, 5.74) is 2.01. The van der Waals surface area contributed by atoms with Gasteiger partial charge in [-0.05, 0) is 42.5 Å². The van der Waals surface area contributed by atoms with Crippen molar-refractivity contribution in [2.45, 2.75) is 0 Å². The molecule has 0 aliphatic carbocycles. The SMILES string of the molecule is O=C(Nc1cccc(NC(=O)c2ccccc2Cl)c1)c1ccncc1. The van der Waals surface area contributed by atoms with Crippen molar-refractivity contribution in [3.05, 3.63) is 89.2 Å². The minimum Gasteiger partial charge on any atom is -0.322 e. The number of halogens is 1. The van der Waals surface area contributed by atoms with Gasteiger partial charge < -0.3 is 10.6 Å². The highest BCUT2D eigenvalue weighted by Gasteiger charge is 2.11. The number of aromatic nitrogens is 1. The van der Waals surface area contributed by atoms with E-state index in [0.29, 0.717) is 27.5 Å². The van der Waals surface area contributed by atoms with Crippen molar-refractivity contribution in [3.8, 4) is 0 Å². The van der Waals surface area contributed by atoms with Crippen LogP contribution in [0.4, 0.5) is 11.4 Å². The van der Waals surface area contributed by atoms with E-state index >= 15 is 0 Å². The molecule has 1 aromatic heterocycles. The molecule has 25 heavy (non-hydrogen) atoms. The van der Waals surface area contributed by atoms with Crippen LogP contribution in [0.1, 0.15) is 20.7 Å². The number of benzene rings is 2. The van der Waals surface area contributed by atoms with E-state index in [4.69, 9.17) is 11.6 Å². The molecule has 6 heteroatoms. The summed E-state index contributed by atoms with van der Waals surface area (Å²) < 4.78 is 0. The smallest absolute Gasteiger partial charge is 0.257 e. The quantitative estimate of drug-likeness (QED) is 0.738. The van der Waals surface area contributed by atoms with Crippen molar-refractivity contribution in [3.63, 3.8) is 0 Å². The normalized spacial score (nSPS) is 10.1. The van der Waals surface area contributed by atoms with Crippen LogP contribution in [-0.2, 0) is 0 Å². The van der Waals surface area contributed by atoms with Gasteiger partial charge in [0.05, 0.1) is 10.6 Å². The Morgan fingerprint density at radius 1 is 0.800 bits per heavy atom. The highest BCUT2D eigenvalue weighted by Crippen LogP contribution is 2.20. The summed E-state index contributed by atoms with van der Waals surface area (Å²) >= 11 is 6.03. The summed E-state index contributed by atoms with van der Waals surface area (Å²) in [5.74, 6) is -0.569. The van der Waals surface area contributed by atoms with Crippen LogP contribution in [0.3, 0.4) is 0 Å². The predicted octanol–water partition coefficient (Wildman–Crippen LogP) is 4.24. The number of nitrogens with one attached hydrogen (secondary N) is 2.